The predicted octanol–water partition coefficient (Wildman–Crippen LogP) is 3.24. The highest BCUT2D eigenvalue weighted by atomic mass is 127. The normalized spacial score (nSPS) is 11.3. The third-order valence-corrected chi connectivity index (χ3v) is 3.37. The fourth-order valence-corrected chi connectivity index (χ4v) is 2.02. The van der Waals surface area contributed by atoms with Crippen LogP contribution < -0.4 is 15.4 Å². The number of amides is 1. The van der Waals surface area contributed by atoms with Crippen LogP contribution in [0.5, 0.6) is 5.75 Å². The summed E-state index contributed by atoms with van der Waals surface area (Å²) in [7, 11) is 3.37. The summed E-state index contributed by atoms with van der Waals surface area (Å²) in [5.74, 6) is 1.54. The number of benzene rings is 1. The summed E-state index contributed by atoms with van der Waals surface area (Å²) in [6, 6.07) is 7.81. The van der Waals surface area contributed by atoms with Gasteiger partial charge in [0.2, 0.25) is 0 Å². The van der Waals surface area contributed by atoms with Gasteiger partial charge in [0.25, 0.3) is 0 Å². The van der Waals surface area contributed by atoms with Gasteiger partial charge in [0.05, 0.1) is 13.7 Å². The molecule has 154 valence electrons. The average Bonchev–Trinajstić information content (AvgIpc) is 2.58. The van der Waals surface area contributed by atoms with E-state index in [2.05, 4.69) is 15.6 Å². The van der Waals surface area contributed by atoms with E-state index in [1.165, 1.54) is 0 Å². The minimum Gasteiger partial charge on any atom is -0.497 e. The number of halogens is 1. The second kappa shape index (κ2) is 12.6. The molecule has 1 aromatic rings. The molecule has 0 atom stereocenters. The SMILES string of the molecule is CCNC(=NCc1ccc(OC)cc1)NCCN(C)C(=O)OC(C)(C)C.I. The van der Waals surface area contributed by atoms with Crippen molar-refractivity contribution in [1.82, 2.24) is 15.5 Å². The van der Waals surface area contributed by atoms with Crippen molar-refractivity contribution in [3.05, 3.63) is 29.8 Å². The quantitative estimate of drug-likeness (QED) is 0.348. The molecule has 0 fully saturated rings. The Labute approximate surface area is 179 Å². The minimum absolute atomic E-state index is 0. The van der Waals surface area contributed by atoms with Crippen LogP contribution in [-0.2, 0) is 11.3 Å². The van der Waals surface area contributed by atoms with Gasteiger partial charge in [0.15, 0.2) is 5.96 Å². The van der Waals surface area contributed by atoms with Crippen LogP contribution in [-0.4, -0.2) is 56.3 Å². The van der Waals surface area contributed by atoms with Gasteiger partial charge in [-0.1, -0.05) is 12.1 Å². The van der Waals surface area contributed by atoms with Crippen molar-refractivity contribution in [3.63, 3.8) is 0 Å². The van der Waals surface area contributed by atoms with Crippen molar-refractivity contribution < 1.29 is 14.3 Å². The molecule has 0 bridgehead atoms. The van der Waals surface area contributed by atoms with Crippen molar-refractivity contribution in [2.24, 2.45) is 4.99 Å². The number of likely N-dealkylation sites (N-methyl/N-ethyl adjacent to an activating group) is 1. The Bertz CT molecular complexity index is 586. The Morgan fingerprint density at radius 1 is 1.19 bits per heavy atom. The smallest absolute Gasteiger partial charge is 0.410 e. The molecule has 0 aliphatic heterocycles. The van der Waals surface area contributed by atoms with Crippen LogP contribution in [0.2, 0.25) is 0 Å². The first-order chi connectivity index (χ1) is 12.2. The van der Waals surface area contributed by atoms with Crippen molar-refractivity contribution in [1.29, 1.82) is 0 Å². The number of hydrogen-bond donors (Lipinski definition) is 2. The monoisotopic (exact) mass is 492 g/mol. The lowest BCUT2D eigenvalue weighted by atomic mass is 10.2. The zero-order chi connectivity index (χ0) is 19.6. The van der Waals surface area contributed by atoms with Crippen LogP contribution in [0.15, 0.2) is 29.3 Å². The molecule has 27 heavy (non-hydrogen) atoms. The van der Waals surface area contributed by atoms with Crippen LogP contribution in [0.4, 0.5) is 4.79 Å². The van der Waals surface area contributed by atoms with Crippen molar-refractivity contribution >= 4 is 36.0 Å². The number of guanidine groups is 1. The molecule has 0 spiro atoms. The van der Waals surface area contributed by atoms with Crippen molar-refractivity contribution in [3.8, 4) is 5.75 Å². The van der Waals surface area contributed by atoms with E-state index in [-0.39, 0.29) is 30.1 Å². The van der Waals surface area contributed by atoms with E-state index in [0.717, 1.165) is 17.9 Å². The van der Waals surface area contributed by atoms with E-state index in [0.29, 0.717) is 25.6 Å². The zero-order valence-electron chi connectivity index (χ0n) is 17.2. The highest BCUT2D eigenvalue weighted by Crippen LogP contribution is 2.12. The third kappa shape index (κ3) is 10.9. The summed E-state index contributed by atoms with van der Waals surface area (Å²) >= 11 is 0. The highest BCUT2D eigenvalue weighted by Gasteiger charge is 2.19. The molecule has 1 amide bonds. The fraction of sp³-hybridized carbons (Fsp3) is 0.579. The average molecular weight is 492 g/mol. The van der Waals surface area contributed by atoms with Gasteiger partial charge in [-0.15, -0.1) is 24.0 Å². The molecule has 0 aromatic heterocycles. The second-order valence-electron chi connectivity index (χ2n) is 6.87. The number of aliphatic imine (C=N–C) groups is 1. The Kier molecular flexibility index (Phi) is 11.8. The molecule has 1 aromatic carbocycles. The first kappa shape index (κ1) is 25.3. The predicted molar refractivity (Wildman–Crippen MR) is 120 cm³/mol. The fourth-order valence-electron chi connectivity index (χ4n) is 2.02. The van der Waals surface area contributed by atoms with Crippen LogP contribution in [0.3, 0.4) is 0 Å². The standard InChI is InChI=1S/C19H32N4O3.HI/c1-7-20-17(22-14-15-8-10-16(25-6)11-9-15)21-12-13-23(5)18(24)26-19(2,3)4;/h8-11H,7,12-14H2,1-6H3,(H2,20,21,22);1H. The number of methoxy groups -OCH3 is 1. The number of carbonyl (C=O) groups excluding carboxylic acids is 1. The first-order valence-corrected chi connectivity index (χ1v) is 8.84. The van der Waals surface area contributed by atoms with E-state index in [9.17, 15) is 4.79 Å². The maximum atomic E-state index is 11.9. The van der Waals surface area contributed by atoms with Gasteiger partial charge in [0.1, 0.15) is 11.4 Å². The molecule has 1 rings (SSSR count). The molecule has 7 nitrogen and oxygen atoms in total. The molecule has 2 N–H and O–H groups in total. The van der Waals surface area contributed by atoms with Gasteiger partial charge < -0.3 is 25.0 Å². The Balaban J connectivity index is 0.00000676. The molecule has 0 heterocycles. The summed E-state index contributed by atoms with van der Waals surface area (Å²) in [4.78, 5) is 18.0. The summed E-state index contributed by atoms with van der Waals surface area (Å²) in [5.41, 5.74) is 0.599. The molecular formula is C19H33IN4O3. The Morgan fingerprint density at radius 2 is 1.81 bits per heavy atom. The topological polar surface area (TPSA) is 75.2 Å². The van der Waals surface area contributed by atoms with Gasteiger partial charge in [0, 0.05) is 26.7 Å². The van der Waals surface area contributed by atoms with Crippen molar-refractivity contribution in [2.45, 2.75) is 39.8 Å². The number of ether oxygens (including phenoxy) is 2. The van der Waals surface area contributed by atoms with Gasteiger partial charge in [-0.2, -0.15) is 0 Å². The molecule has 0 aliphatic rings. The third-order valence-electron chi connectivity index (χ3n) is 3.37. The van der Waals surface area contributed by atoms with Gasteiger partial charge in [-0.25, -0.2) is 9.79 Å². The number of rotatable bonds is 7. The summed E-state index contributed by atoms with van der Waals surface area (Å²) < 4.78 is 10.5. The lowest BCUT2D eigenvalue weighted by Crippen LogP contribution is -2.43. The Morgan fingerprint density at radius 3 is 2.33 bits per heavy atom. The molecule has 8 heteroatoms. The van der Waals surface area contributed by atoms with Crippen LogP contribution >= 0.6 is 24.0 Å². The molecule has 0 unspecified atom stereocenters. The van der Waals surface area contributed by atoms with Crippen LogP contribution in [0, 0.1) is 0 Å². The molecular weight excluding hydrogens is 459 g/mol. The van der Waals surface area contributed by atoms with E-state index in [1.807, 2.05) is 52.0 Å². The molecule has 0 radical (unpaired) electrons. The maximum Gasteiger partial charge on any atom is 0.410 e. The molecule has 0 saturated heterocycles. The van der Waals surface area contributed by atoms with E-state index in [1.54, 1.807) is 19.1 Å². The number of hydrogen-bond acceptors (Lipinski definition) is 4. The zero-order valence-corrected chi connectivity index (χ0v) is 19.5. The van der Waals surface area contributed by atoms with Crippen molar-refractivity contribution in [2.75, 3.05) is 33.8 Å². The second-order valence-corrected chi connectivity index (χ2v) is 6.87. The minimum atomic E-state index is -0.493. The summed E-state index contributed by atoms with van der Waals surface area (Å²) in [5, 5.41) is 6.42. The van der Waals surface area contributed by atoms with Gasteiger partial charge in [-0.05, 0) is 45.4 Å². The summed E-state index contributed by atoms with van der Waals surface area (Å²) in [6.45, 7) is 9.98. The number of nitrogens with zero attached hydrogens (tertiary/aromatic N) is 2. The molecule has 0 saturated carbocycles. The van der Waals surface area contributed by atoms with Crippen LogP contribution in [0.1, 0.15) is 33.3 Å². The number of nitrogens with one attached hydrogen (secondary N) is 2. The maximum absolute atomic E-state index is 11.9. The van der Waals surface area contributed by atoms with Crippen LogP contribution in [0.25, 0.3) is 0 Å². The lowest BCUT2D eigenvalue weighted by molar-refractivity contribution is 0.0302. The van der Waals surface area contributed by atoms with E-state index >= 15 is 0 Å². The van der Waals surface area contributed by atoms with E-state index in [4.69, 9.17) is 9.47 Å². The summed E-state index contributed by atoms with van der Waals surface area (Å²) in [6.07, 6.45) is -0.334. The van der Waals surface area contributed by atoms with Gasteiger partial charge in [-0.3, -0.25) is 0 Å². The van der Waals surface area contributed by atoms with Gasteiger partial charge >= 0.3 is 6.09 Å². The van der Waals surface area contributed by atoms with E-state index < -0.39 is 5.60 Å². The first-order valence-electron chi connectivity index (χ1n) is 8.84. The Hall–Kier alpha value is -1.71. The molecule has 0 aliphatic carbocycles. The lowest BCUT2D eigenvalue weighted by Gasteiger charge is -2.24. The number of carbonyl (C=O) groups is 1. The highest BCUT2D eigenvalue weighted by molar-refractivity contribution is 14.0. The largest absolute Gasteiger partial charge is 0.497 e.